The minimum Gasteiger partial charge on any atom is -0.497 e. The van der Waals surface area contributed by atoms with E-state index in [1.807, 2.05) is 91.0 Å². The van der Waals surface area contributed by atoms with Crippen LogP contribution in [0.2, 0.25) is 0 Å². The quantitative estimate of drug-likeness (QED) is 0.171. The Morgan fingerprint density at radius 3 is 2.25 bits per heavy atom. The summed E-state index contributed by atoms with van der Waals surface area (Å²) in [6.07, 6.45) is 1.79. The van der Waals surface area contributed by atoms with Crippen molar-refractivity contribution in [1.29, 1.82) is 0 Å². The number of carbonyl (C=O) groups is 1. The lowest BCUT2D eigenvalue weighted by Crippen LogP contribution is -2.39. The SMILES string of the molecule is CCOC(=O)C1=C(c2ccccc2)N=c2s/c(=C\c3ccc(OCc4cc(OC)ccc4OC)c(OC)c3)c(=O)n2[C@H]1c1ccccc1. The molecule has 0 saturated heterocycles. The van der Waals surface area contributed by atoms with Gasteiger partial charge in [-0.1, -0.05) is 78.1 Å². The van der Waals surface area contributed by atoms with Crippen molar-refractivity contribution in [3.05, 3.63) is 145 Å². The van der Waals surface area contributed by atoms with Gasteiger partial charge in [0, 0.05) is 11.1 Å². The summed E-state index contributed by atoms with van der Waals surface area (Å²) < 4.78 is 30.2. The molecule has 0 aliphatic carbocycles. The summed E-state index contributed by atoms with van der Waals surface area (Å²) in [6.45, 7) is 2.17. The van der Waals surface area contributed by atoms with Crippen molar-refractivity contribution in [3.8, 4) is 23.0 Å². The van der Waals surface area contributed by atoms with Crippen LogP contribution in [-0.2, 0) is 16.1 Å². The first-order chi connectivity index (χ1) is 23.4. The van der Waals surface area contributed by atoms with Crippen molar-refractivity contribution in [3.63, 3.8) is 0 Å². The highest BCUT2D eigenvalue weighted by atomic mass is 32.1. The molecule has 6 rings (SSSR count). The van der Waals surface area contributed by atoms with E-state index in [4.69, 9.17) is 28.7 Å². The molecule has 0 unspecified atom stereocenters. The number of methoxy groups -OCH3 is 3. The van der Waals surface area contributed by atoms with Crippen molar-refractivity contribution in [1.82, 2.24) is 4.57 Å². The van der Waals surface area contributed by atoms with Crippen LogP contribution in [0, 0.1) is 0 Å². The minimum absolute atomic E-state index is 0.185. The fraction of sp³-hybridized carbons (Fsp3) is 0.184. The molecule has 244 valence electrons. The van der Waals surface area contributed by atoms with E-state index >= 15 is 0 Å². The van der Waals surface area contributed by atoms with E-state index in [9.17, 15) is 9.59 Å². The third-order valence-corrected chi connectivity index (χ3v) is 8.83. The van der Waals surface area contributed by atoms with Crippen molar-refractivity contribution in [2.75, 3.05) is 27.9 Å². The molecular formula is C38H34N2O7S. The predicted molar refractivity (Wildman–Crippen MR) is 184 cm³/mol. The Morgan fingerprint density at radius 1 is 0.854 bits per heavy atom. The molecule has 9 nitrogen and oxygen atoms in total. The van der Waals surface area contributed by atoms with E-state index in [0.29, 0.717) is 43.6 Å². The molecule has 10 heteroatoms. The van der Waals surface area contributed by atoms with E-state index in [1.165, 1.54) is 11.3 Å². The Balaban J connectivity index is 1.43. The fourth-order valence-electron chi connectivity index (χ4n) is 5.59. The number of rotatable bonds is 11. The number of esters is 1. The maximum atomic E-state index is 14.2. The highest BCUT2D eigenvalue weighted by molar-refractivity contribution is 7.07. The standard InChI is InChI=1S/C38H34N2O7S/c1-5-46-37(42)33-34(25-12-8-6-9-13-25)39-38-40(35(33)26-14-10-7-11-15-26)36(41)32(48-38)21-24-16-18-30(31(20-24)45-4)47-23-27-22-28(43-2)17-19-29(27)44-3/h6-22,35H,5,23H2,1-4H3/b32-21-/t35-/m0/s1. The van der Waals surface area contributed by atoms with Gasteiger partial charge in [-0.3, -0.25) is 9.36 Å². The molecular weight excluding hydrogens is 628 g/mol. The van der Waals surface area contributed by atoms with Crippen LogP contribution in [0.1, 0.15) is 35.2 Å². The van der Waals surface area contributed by atoms with Gasteiger partial charge in [0.05, 0.1) is 49.8 Å². The maximum Gasteiger partial charge on any atom is 0.338 e. The second-order valence-corrected chi connectivity index (χ2v) is 11.7. The van der Waals surface area contributed by atoms with Crippen LogP contribution in [0.15, 0.2) is 112 Å². The number of hydrogen-bond donors (Lipinski definition) is 0. The second-order valence-electron chi connectivity index (χ2n) is 10.7. The highest BCUT2D eigenvalue weighted by Gasteiger charge is 2.35. The minimum atomic E-state index is -0.738. The van der Waals surface area contributed by atoms with Gasteiger partial charge in [0.1, 0.15) is 18.1 Å². The number of carbonyl (C=O) groups excluding carboxylic acids is 1. The van der Waals surface area contributed by atoms with Crippen LogP contribution in [0.5, 0.6) is 23.0 Å². The van der Waals surface area contributed by atoms with Gasteiger partial charge >= 0.3 is 5.97 Å². The van der Waals surface area contributed by atoms with Crippen LogP contribution in [0.3, 0.4) is 0 Å². The summed E-state index contributed by atoms with van der Waals surface area (Å²) in [6, 6.07) is 29.2. The molecule has 1 aromatic heterocycles. The molecule has 0 spiro atoms. The highest BCUT2D eigenvalue weighted by Crippen LogP contribution is 2.35. The van der Waals surface area contributed by atoms with Gasteiger partial charge < -0.3 is 23.7 Å². The molecule has 48 heavy (non-hydrogen) atoms. The zero-order chi connectivity index (χ0) is 33.6. The number of ether oxygens (including phenoxy) is 5. The average molecular weight is 663 g/mol. The Kier molecular flexibility index (Phi) is 9.73. The number of aromatic nitrogens is 1. The molecule has 0 radical (unpaired) electrons. The summed E-state index contributed by atoms with van der Waals surface area (Å²) in [5.74, 6) is 1.87. The number of fused-ring (bicyclic) bond motifs is 1. The average Bonchev–Trinajstić information content (AvgIpc) is 3.44. The third-order valence-electron chi connectivity index (χ3n) is 7.85. The molecule has 0 amide bonds. The first kappa shape index (κ1) is 32.3. The van der Waals surface area contributed by atoms with Crippen LogP contribution in [0.4, 0.5) is 0 Å². The van der Waals surface area contributed by atoms with E-state index < -0.39 is 12.0 Å². The lowest BCUT2D eigenvalue weighted by molar-refractivity contribution is -0.138. The second kappa shape index (κ2) is 14.4. The van der Waals surface area contributed by atoms with Crippen LogP contribution in [0.25, 0.3) is 11.8 Å². The van der Waals surface area contributed by atoms with Crippen LogP contribution >= 0.6 is 11.3 Å². The van der Waals surface area contributed by atoms with E-state index in [0.717, 1.165) is 22.3 Å². The predicted octanol–water partition coefficient (Wildman–Crippen LogP) is 5.54. The van der Waals surface area contributed by atoms with Gasteiger partial charge in [-0.05, 0) is 54.5 Å². The smallest absolute Gasteiger partial charge is 0.338 e. The number of hydrogen-bond acceptors (Lipinski definition) is 9. The number of thiazole rings is 1. The number of nitrogens with zero attached hydrogens (tertiary/aromatic N) is 2. The van der Waals surface area contributed by atoms with Gasteiger partial charge in [0.25, 0.3) is 5.56 Å². The van der Waals surface area contributed by atoms with Gasteiger partial charge in [0.2, 0.25) is 0 Å². The molecule has 2 heterocycles. The molecule has 1 aliphatic rings. The van der Waals surface area contributed by atoms with Gasteiger partial charge in [-0.2, -0.15) is 0 Å². The summed E-state index contributed by atoms with van der Waals surface area (Å²) in [5.41, 5.74) is 3.58. The van der Waals surface area contributed by atoms with Crippen molar-refractivity contribution >= 4 is 29.1 Å². The summed E-state index contributed by atoms with van der Waals surface area (Å²) in [5, 5.41) is 0. The van der Waals surface area contributed by atoms with Gasteiger partial charge in [-0.25, -0.2) is 9.79 Å². The van der Waals surface area contributed by atoms with Crippen molar-refractivity contribution in [2.24, 2.45) is 4.99 Å². The Hall–Kier alpha value is -5.61. The van der Waals surface area contributed by atoms with Crippen molar-refractivity contribution < 1.29 is 28.5 Å². The Bertz CT molecular complexity index is 2160. The maximum absolute atomic E-state index is 14.2. The zero-order valence-electron chi connectivity index (χ0n) is 27.0. The molecule has 0 bridgehead atoms. The van der Waals surface area contributed by atoms with Crippen LogP contribution in [-0.4, -0.2) is 38.5 Å². The van der Waals surface area contributed by atoms with E-state index in [2.05, 4.69) is 0 Å². The molecule has 1 atom stereocenters. The number of benzene rings is 4. The Morgan fingerprint density at radius 2 is 1.56 bits per heavy atom. The topological polar surface area (TPSA) is 97.6 Å². The lowest BCUT2D eigenvalue weighted by Gasteiger charge is -2.25. The van der Waals surface area contributed by atoms with Gasteiger partial charge in [-0.15, -0.1) is 0 Å². The monoisotopic (exact) mass is 662 g/mol. The largest absolute Gasteiger partial charge is 0.497 e. The Labute approximate surface area is 281 Å². The third kappa shape index (κ3) is 6.47. The first-order valence-corrected chi connectivity index (χ1v) is 16.1. The summed E-state index contributed by atoms with van der Waals surface area (Å²) in [4.78, 5) is 33.2. The first-order valence-electron chi connectivity index (χ1n) is 15.3. The normalized spacial score (nSPS) is 14.2. The molecule has 0 saturated carbocycles. The lowest BCUT2D eigenvalue weighted by atomic mass is 9.93. The fourth-order valence-corrected chi connectivity index (χ4v) is 6.59. The van der Waals surface area contributed by atoms with E-state index in [-0.39, 0.29) is 18.8 Å². The van der Waals surface area contributed by atoms with Gasteiger partial charge in [0.15, 0.2) is 16.3 Å². The van der Waals surface area contributed by atoms with Crippen LogP contribution < -0.4 is 33.8 Å². The molecule has 1 aliphatic heterocycles. The molecule has 5 aromatic rings. The molecule has 0 fully saturated rings. The zero-order valence-corrected chi connectivity index (χ0v) is 27.8. The summed E-state index contributed by atoms with van der Waals surface area (Å²) in [7, 11) is 4.77. The van der Waals surface area contributed by atoms with Crippen molar-refractivity contribution in [2.45, 2.75) is 19.6 Å². The molecule has 0 N–H and O–H groups in total. The summed E-state index contributed by atoms with van der Waals surface area (Å²) >= 11 is 1.26. The molecule has 4 aromatic carbocycles. The van der Waals surface area contributed by atoms with E-state index in [1.54, 1.807) is 45.0 Å².